The van der Waals surface area contributed by atoms with Crippen LogP contribution in [0.2, 0.25) is 0 Å². The fraction of sp³-hybridized carbons (Fsp3) is 0.0833. The molecule has 1 heterocycles. The van der Waals surface area contributed by atoms with Crippen molar-refractivity contribution in [1.82, 2.24) is 4.98 Å². The second kappa shape index (κ2) is 3.93. The lowest BCUT2D eigenvalue weighted by molar-refractivity contribution is 1.25. The van der Waals surface area contributed by atoms with Gasteiger partial charge in [-0.15, -0.1) is 0 Å². The Morgan fingerprint density at radius 2 is 1.93 bits per heavy atom. The van der Waals surface area contributed by atoms with Crippen LogP contribution in [0, 0.1) is 13.1 Å². The highest BCUT2D eigenvalue weighted by molar-refractivity contribution is 9.10. The van der Waals surface area contributed by atoms with E-state index in [1.807, 2.05) is 18.2 Å². The van der Waals surface area contributed by atoms with E-state index in [2.05, 4.69) is 46.2 Å². The zero-order valence-corrected chi connectivity index (χ0v) is 9.38. The van der Waals surface area contributed by atoms with Crippen molar-refractivity contribution in [2.75, 3.05) is 0 Å². The first-order valence-electron chi connectivity index (χ1n) is 4.37. The van der Waals surface area contributed by atoms with Gasteiger partial charge in [-0.05, 0) is 34.0 Å². The standard InChI is InChI=1S/C12H9BrN/c1-9-11(7-14-8-12(9)13)10-5-3-2-4-6-10/h2-6,8H,1H3. The third-order valence-corrected chi connectivity index (χ3v) is 2.95. The van der Waals surface area contributed by atoms with Gasteiger partial charge in [0.15, 0.2) is 0 Å². The van der Waals surface area contributed by atoms with Crippen molar-refractivity contribution in [3.63, 3.8) is 0 Å². The summed E-state index contributed by atoms with van der Waals surface area (Å²) >= 11 is 3.46. The average Bonchev–Trinajstić information content (AvgIpc) is 2.23. The smallest absolute Gasteiger partial charge is 0.0974 e. The van der Waals surface area contributed by atoms with Crippen LogP contribution in [0.3, 0.4) is 0 Å². The van der Waals surface area contributed by atoms with Crippen LogP contribution in [0.5, 0.6) is 0 Å². The molecule has 0 aliphatic carbocycles. The zero-order valence-electron chi connectivity index (χ0n) is 7.79. The molecule has 2 heteroatoms. The lowest BCUT2D eigenvalue weighted by atomic mass is 10.0. The molecule has 0 atom stereocenters. The number of pyridine rings is 1. The van der Waals surface area contributed by atoms with Gasteiger partial charge in [0.25, 0.3) is 0 Å². The summed E-state index contributed by atoms with van der Waals surface area (Å²) in [7, 11) is 0. The molecule has 0 saturated heterocycles. The number of benzene rings is 1. The number of halogens is 1. The first kappa shape index (κ1) is 9.41. The van der Waals surface area contributed by atoms with Crippen molar-refractivity contribution >= 4 is 15.9 Å². The summed E-state index contributed by atoms with van der Waals surface area (Å²) in [6.07, 6.45) is 4.78. The fourth-order valence-corrected chi connectivity index (χ4v) is 1.64. The quantitative estimate of drug-likeness (QED) is 0.749. The molecule has 0 spiro atoms. The van der Waals surface area contributed by atoms with E-state index in [9.17, 15) is 0 Å². The Morgan fingerprint density at radius 1 is 1.21 bits per heavy atom. The first-order chi connectivity index (χ1) is 6.79. The molecule has 1 aromatic heterocycles. The third kappa shape index (κ3) is 1.70. The van der Waals surface area contributed by atoms with Gasteiger partial charge in [0.05, 0.1) is 6.20 Å². The molecule has 1 aromatic carbocycles. The average molecular weight is 247 g/mol. The Labute approximate surface area is 91.9 Å². The van der Waals surface area contributed by atoms with Gasteiger partial charge in [-0.25, -0.2) is 0 Å². The van der Waals surface area contributed by atoms with Crippen molar-refractivity contribution in [3.8, 4) is 11.1 Å². The fourth-order valence-electron chi connectivity index (χ4n) is 1.34. The van der Waals surface area contributed by atoms with Crippen LogP contribution in [-0.2, 0) is 0 Å². The molecule has 1 radical (unpaired) electrons. The molecule has 2 rings (SSSR count). The molecule has 69 valence electrons. The number of hydrogen-bond acceptors (Lipinski definition) is 1. The molecule has 0 aliphatic rings. The molecule has 0 aliphatic heterocycles. The van der Waals surface area contributed by atoms with E-state index in [4.69, 9.17) is 0 Å². The molecule has 0 N–H and O–H groups in total. The predicted octanol–water partition coefficient (Wildman–Crippen LogP) is 3.62. The molecule has 2 aromatic rings. The van der Waals surface area contributed by atoms with E-state index in [1.54, 1.807) is 6.20 Å². The molecular formula is C12H9BrN. The number of rotatable bonds is 1. The summed E-state index contributed by atoms with van der Waals surface area (Å²) in [5.74, 6) is 0. The molecular weight excluding hydrogens is 238 g/mol. The van der Waals surface area contributed by atoms with Gasteiger partial charge in [-0.2, -0.15) is 0 Å². The SMILES string of the molecule is Cc1c(-c2ccccc2)[c]ncc1Br. The van der Waals surface area contributed by atoms with Gasteiger partial charge >= 0.3 is 0 Å². The number of nitrogens with zero attached hydrogens (tertiary/aromatic N) is 1. The first-order valence-corrected chi connectivity index (χ1v) is 5.16. The minimum absolute atomic E-state index is 1.02. The Hall–Kier alpha value is -1.15. The van der Waals surface area contributed by atoms with Gasteiger partial charge in [0.2, 0.25) is 0 Å². The summed E-state index contributed by atoms with van der Waals surface area (Å²) < 4.78 is 1.02. The van der Waals surface area contributed by atoms with Gasteiger partial charge in [-0.1, -0.05) is 30.3 Å². The maximum atomic E-state index is 4.05. The van der Waals surface area contributed by atoms with Gasteiger partial charge in [0, 0.05) is 16.2 Å². The summed E-state index contributed by atoms with van der Waals surface area (Å²) in [6.45, 7) is 2.06. The second-order valence-corrected chi connectivity index (χ2v) is 3.94. The van der Waals surface area contributed by atoms with Crippen molar-refractivity contribution in [2.24, 2.45) is 0 Å². The summed E-state index contributed by atoms with van der Waals surface area (Å²) in [5.41, 5.74) is 3.38. The van der Waals surface area contributed by atoms with Crippen LogP contribution in [0.15, 0.2) is 41.0 Å². The van der Waals surface area contributed by atoms with Gasteiger partial charge in [0.1, 0.15) is 0 Å². The summed E-state index contributed by atoms with van der Waals surface area (Å²) in [5, 5.41) is 0. The van der Waals surface area contributed by atoms with Gasteiger partial charge < -0.3 is 0 Å². The van der Waals surface area contributed by atoms with Crippen molar-refractivity contribution < 1.29 is 0 Å². The highest BCUT2D eigenvalue weighted by Crippen LogP contribution is 2.26. The van der Waals surface area contributed by atoms with E-state index < -0.39 is 0 Å². The Kier molecular flexibility index (Phi) is 2.64. The summed E-state index contributed by atoms with van der Waals surface area (Å²) in [6, 6.07) is 10.2. The summed E-state index contributed by atoms with van der Waals surface area (Å²) in [4.78, 5) is 4.05. The maximum Gasteiger partial charge on any atom is 0.0974 e. The van der Waals surface area contributed by atoms with Crippen LogP contribution in [-0.4, -0.2) is 4.98 Å². The molecule has 0 saturated carbocycles. The molecule has 14 heavy (non-hydrogen) atoms. The number of aromatic nitrogens is 1. The molecule has 0 bridgehead atoms. The lowest BCUT2D eigenvalue weighted by Crippen LogP contribution is -1.86. The van der Waals surface area contributed by atoms with Crippen LogP contribution >= 0.6 is 15.9 Å². The van der Waals surface area contributed by atoms with E-state index in [0.717, 1.165) is 15.6 Å². The Morgan fingerprint density at radius 3 is 2.64 bits per heavy atom. The topological polar surface area (TPSA) is 12.9 Å². The largest absolute Gasteiger partial charge is 0.253 e. The van der Waals surface area contributed by atoms with Crippen LogP contribution in [0.25, 0.3) is 11.1 Å². The third-order valence-electron chi connectivity index (χ3n) is 2.15. The van der Waals surface area contributed by atoms with Crippen molar-refractivity contribution in [3.05, 3.63) is 52.8 Å². The van der Waals surface area contributed by atoms with E-state index in [0.29, 0.717) is 0 Å². The lowest BCUT2D eigenvalue weighted by Gasteiger charge is -2.05. The normalized spacial score (nSPS) is 10.1. The molecule has 1 nitrogen and oxygen atoms in total. The Bertz CT molecular complexity index is 437. The van der Waals surface area contributed by atoms with Crippen LogP contribution < -0.4 is 0 Å². The van der Waals surface area contributed by atoms with Crippen LogP contribution in [0.4, 0.5) is 0 Å². The highest BCUT2D eigenvalue weighted by atomic mass is 79.9. The molecule has 0 fully saturated rings. The number of hydrogen-bond donors (Lipinski definition) is 0. The van der Waals surface area contributed by atoms with E-state index in [-0.39, 0.29) is 0 Å². The molecule has 0 unspecified atom stereocenters. The maximum absolute atomic E-state index is 4.05. The zero-order chi connectivity index (χ0) is 9.97. The minimum Gasteiger partial charge on any atom is -0.253 e. The van der Waals surface area contributed by atoms with Crippen molar-refractivity contribution in [2.45, 2.75) is 6.92 Å². The highest BCUT2D eigenvalue weighted by Gasteiger charge is 2.04. The minimum atomic E-state index is 1.02. The molecule has 0 amide bonds. The second-order valence-electron chi connectivity index (χ2n) is 3.08. The van der Waals surface area contributed by atoms with Crippen LogP contribution in [0.1, 0.15) is 5.56 Å². The Balaban J connectivity index is 2.58. The van der Waals surface area contributed by atoms with Gasteiger partial charge in [-0.3, -0.25) is 4.98 Å². The van der Waals surface area contributed by atoms with E-state index in [1.165, 1.54) is 5.56 Å². The monoisotopic (exact) mass is 246 g/mol. The van der Waals surface area contributed by atoms with E-state index >= 15 is 0 Å². The predicted molar refractivity (Wildman–Crippen MR) is 60.9 cm³/mol. The van der Waals surface area contributed by atoms with Crippen molar-refractivity contribution in [1.29, 1.82) is 0 Å².